The first-order valence-electron chi connectivity index (χ1n) is 16.7. The van der Waals surface area contributed by atoms with Crippen molar-refractivity contribution in [3.05, 3.63) is 83.8 Å². The predicted molar refractivity (Wildman–Crippen MR) is 188 cm³/mol. The van der Waals surface area contributed by atoms with E-state index in [0.29, 0.717) is 53.7 Å². The Morgan fingerprint density at radius 2 is 1.90 bits per heavy atom. The highest BCUT2D eigenvalue weighted by Crippen LogP contribution is 2.40. The predicted octanol–water partition coefficient (Wildman–Crippen LogP) is 6.04. The molecule has 49 heavy (non-hydrogen) atoms. The van der Waals surface area contributed by atoms with E-state index in [-0.39, 0.29) is 34.6 Å². The second kappa shape index (κ2) is 12.9. The van der Waals surface area contributed by atoms with Gasteiger partial charge in [0.05, 0.1) is 16.6 Å². The molecule has 3 saturated heterocycles. The molecule has 1 amide bonds. The monoisotopic (exact) mass is 678 g/mol. The molecule has 3 aliphatic heterocycles. The molecule has 5 aromatic rings. The number of ether oxygens (including phenoxy) is 1. The molecule has 0 atom stereocenters. The van der Waals surface area contributed by atoms with Crippen LogP contribution < -0.4 is 9.64 Å². The van der Waals surface area contributed by atoms with Gasteiger partial charge in [-0.2, -0.15) is 9.97 Å². The number of rotatable bonds is 9. The number of hydrogen-bond acceptors (Lipinski definition) is 9. The molecule has 0 saturated carbocycles. The van der Waals surface area contributed by atoms with Gasteiger partial charge >= 0.3 is 6.01 Å². The molecular formula is C37H36ClFN8O2. The molecule has 0 spiro atoms. The zero-order valence-electron chi connectivity index (χ0n) is 27.2. The number of anilines is 1. The van der Waals surface area contributed by atoms with Crippen LogP contribution >= 0.6 is 11.6 Å². The van der Waals surface area contributed by atoms with Gasteiger partial charge in [0, 0.05) is 67.0 Å². The van der Waals surface area contributed by atoms with Crippen LogP contribution in [-0.2, 0) is 4.79 Å². The van der Waals surface area contributed by atoms with Crippen LogP contribution in [0.5, 0.6) is 6.01 Å². The van der Waals surface area contributed by atoms with Crippen LogP contribution in [0, 0.1) is 11.7 Å². The van der Waals surface area contributed by atoms with Crippen molar-refractivity contribution >= 4 is 51.1 Å². The van der Waals surface area contributed by atoms with Gasteiger partial charge in [0.2, 0.25) is 5.91 Å². The average Bonchev–Trinajstić information content (AvgIpc) is 3.69. The van der Waals surface area contributed by atoms with E-state index in [9.17, 15) is 4.79 Å². The number of hydrogen-bond donors (Lipinski definition) is 0. The lowest BCUT2D eigenvalue weighted by atomic mass is 9.95. The van der Waals surface area contributed by atoms with Gasteiger partial charge in [-0.1, -0.05) is 41.9 Å². The molecule has 3 aromatic heterocycles. The van der Waals surface area contributed by atoms with Crippen LogP contribution in [0.2, 0.25) is 5.02 Å². The van der Waals surface area contributed by atoms with Crippen LogP contribution in [0.1, 0.15) is 31.4 Å². The van der Waals surface area contributed by atoms with Crippen LogP contribution in [0.4, 0.5) is 10.2 Å². The topological polar surface area (TPSA) is 100 Å². The minimum Gasteiger partial charge on any atom is -0.461 e. The van der Waals surface area contributed by atoms with E-state index < -0.39 is 5.82 Å². The third kappa shape index (κ3) is 5.95. The highest BCUT2D eigenvalue weighted by molar-refractivity contribution is 6.36. The fourth-order valence-electron chi connectivity index (χ4n) is 7.72. The Morgan fingerprint density at radius 1 is 1.10 bits per heavy atom. The molecule has 12 heteroatoms. The van der Waals surface area contributed by atoms with Crippen LogP contribution in [0.15, 0.2) is 67.3 Å². The Balaban J connectivity index is 1.09. The van der Waals surface area contributed by atoms with Gasteiger partial charge in [0.15, 0.2) is 5.82 Å². The number of nitrogens with zero attached hydrogens (tertiary/aromatic N) is 8. The maximum atomic E-state index is 16.7. The Morgan fingerprint density at radius 3 is 2.67 bits per heavy atom. The third-order valence-corrected chi connectivity index (χ3v) is 10.5. The van der Waals surface area contributed by atoms with Gasteiger partial charge < -0.3 is 14.5 Å². The molecule has 0 unspecified atom stereocenters. The summed E-state index contributed by atoms with van der Waals surface area (Å²) in [5, 5.41) is 2.64. The van der Waals surface area contributed by atoms with Crippen molar-refractivity contribution in [3.8, 4) is 17.3 Å². The van der Waals surface area contributed by atoms with Crippen molar-refractivity contribution in [3.63, 3.8) is 0 Å². The first kappa shape index (κ1) is 31.5. The summed E-state index contributed by atoms with van der Waals surface area (Å²) in [4.78, 5) is 41.2. The Labute approximate surface area is 288 Å². The molecule has 3 fully saturated rings. The summed E-state index contributed by atoms with van der Waals surface area (Å²) in [6, 6.07) is 13.2. The first-order valence-corrected chi connectivity index (χ1v) is 17.1. The summed E-state index contributed by atoms with van der Waals surface area (Å²) < 4.78 is 23.1. The van der Waals surface area contributed by atoms with E-state index in [0.717, 1.165) is 49.5 Å². The molecule has 3 aliphatic rings. The van der Waals surface area contributed by atoms with Gasteiger partial charge in [-0.15, -0.1) is 0 Å². The van der Waals surface area contributed by atoms with Gasteiger partial charge in [-0.25, -0.2) is 14.4 Å². The van der Waals surface area contributed by atoms with E-state index in [2.05, 4.69) is 24.8 Å². The Bertz CT molecular complexity index is 2060. The lowest BCUT2D eigenvalue weighted by molar-refractivity contribution is -0.131. The van der Waals surface area contributed by atoms with E-state index >= 15 is 4.39 Å². The fraction of sp³-hybridized carbons (Fsp3) is 0.351. The van der Waals surface area contributed by atoms with Crippen LogP contribution in [-0.4, -0.2) is 92.5 Å². The maximum absolute atomic E-state index is 16.7. The summed E-state index contributed by atoms with van der Waals surface area (Å²) in [5.74, 6) is 0.120. The number of benzene rings is 2. The molecule has 0 aliphatic carbocycles. The summed E-state index contributed by atoms with van der Waals surface area (Å²) >= 11 is 6.63. The van der Waals surface area contributed by atoms with E-state index in [1.807, 2.05) is 42.3 Å². The van der Waals surface area contributed by atoms with Crippen LogP contribution in [0.3, 0.4) is 0 Å². The SMILES string of the molecule is CN(CC1CN(C(=O)/C=C/c2ccncn2)C1)c1nc(OCC23CCCN2CCC3)nc2c(F)c(-c3cccc4cccc(Cl)c34)ncc12. The first-order chi connectivity index (χ1) is 23.9. The average molecular weight is 679 g/mol. The maximum Gasteiger partial charge on any atom is 0.319 e. The van der Waals surface area contributed by atoms with E-state index in [1.165, 1.54) is 12.4 Å². The Hall–Kier alpha value is -4.74. The van der Waals surface area contributed by atoms with Gasteiger partial charge in [0.25, 0.3) is 0 Å². The summed E-state index contributed by atoms with van der Waals surface area (Å²) in [7, 11) is 1.93. The molecule has 0 N–H and O–H groups in total. The normalized spacial score (nSPS) is 17.6. The summed E-state index contributed by atoms with van der Waals surface area (Å²) in [6.07, 6.45) is 12.4. The fourth-order valence-corrected chi connectivity index (χ4v) is 8.00. The number of amides is 1. The van der Waals surface area contributed by atoms with Crippen molar-refractivity contribution in [2.45, 2.75) is 31.2 Å². The standard InChI is InChI=1S/C37H36ClFN8O2/c1-45(19-24-20-46(21-24)30(48)11-10-26-12-15-40-23-42-26)35-28-18-41-33(27-8-2-6-25-7-3-9-29(38)31(25)27)32(39)34(28)43-36(44-35)49-22-37-13-4-16-47(37)17-5-14-37/h2-3,6-12,15,18,23-24H,4-5,13-14,16-17,19-22H2,1H3/b11-10+. The number of carbonyl (C=O) groups excluding carboxylic acids is 1. The van der Waals surface area contributed by atoms with Crippen LogP contribution in [0.25, 0.3) is 39.0 Å². The molecule has 10 nitrogen and oxygen atoms in total. The molecular weight excluding hydrogens is 643 g/mol. The second-order valence-corrected chi connectivity index (χ2v) is 13.7. The second-order valence-electron chi connectivity index (χ2n) is 13.3. The van der Waals surface area contributed by atoms with Crippen molar-refractivity contribution in [2.24, 2.45) is 5.92 Å². The van der Waals surface area contributed by atoms with E-state index in [4.69, 9.17) is 21.3 Å². The molecule has 6 heterocycles. The number of likely N-dealkylation sites (tertiary alicyclic amines) is 1. The lowest BCUT2D eigenvalue weighted by Gasteiger charge is -2.40. The zero-order valence-corrected chi connectivity index (χ0v) is 28.0. The minimum absolute atomic E-state index is 0.0180. The van der Waals surface area contributed by atoms with Crippen molar-refractivity contribution in [1.82, 2.24) is 34.7 Å². The van der Waals surface area contributed by atoms with Gasteiger partial charge in [-0.05, 0) is 62.4 Å². The molecule has 2 aromatic carbocycles. The number of pyridine rings is 1. The molecule has 8 rings (SSSR count). The van der Waals surface area contributed by atoms with Gasteiger partial charge in [0.1, 0.15) is 30.0 Å². The summed E-state index contributed by atoms with van der Waals surface area (Å²) in [6.45, 7) is 4.41. The highest BCUT2D eigenvalue weighted by atomic mass is 35.5. The van der Waals surface area contributed by atoms with Crippen molar-refractivity contribution in [2.75, 3.05) is 51.3 Å². The van der Waals surface area contributed by atoms with Gasteiger partial charge in [-0.3, -0.25) is 14.7 Å². The molecule has 0 bridgehead atoms. The minimum atomic E-state index is -0.552. The smallest absolute Gasteiger partial charge is 0.319 e. The number of halogens is 2. The quantitative estimate of drug-likeness (QED) is 0.173. The molecule has 0 radical (unpaired) electrons. The molecule has 250 valence electrons. The van der Waals surface area contributed by atoms with E-state index in [1.54, 1.807) is 35.5 Å². The van der Waals surface area contributed by atoms with Crippen molar-refractivity contribution in [1.29, 1.82) is 0 Å². The largest absolute Gasteiger partial charge is 0.461 e. The number of carbonyl (C=O) groups is 1. The highest BCUT2D eigenvalue weighted by Gasteiger charge is 2.45. The summed E-state index contributed by atoms with van der Waals surface area (Å²) in [5.41, 5.74) is 1.57. The number of aromatic nitrogens is 5. The zero-order chi connectivity index (χ0) is 33.5. The third-order valence-electron chi connectivity index (χ3n) is 10.2. The lowest BCUT2D eigenvalue weighted by Crippen LogP contribution is -2.53. The van der Waals surface area contributed by atoms with Crippen molar-refractivity contribution < 1.29 is 13.9 Å². The Kier molecular flexibility index (Phi) is 8.33. The number of fused-ring (bicyclic) bond motifs is 3.